The van der Waals surface area contributed by atoms with Gasteiger partial charge in [0, 0.05) is 23.1 Å². The van der Waals surface area contributed by atoms with E-state index in [9.17, 15) is 4.79 Å². The molecule has 7 heteroatoms. The van der Waals surface area contributed by atoms with Crippen molar-refractivity contribution in [1.29, 1.82) is 0 Å². The molecule has 1 atom stereocenters. The molecule has 0 aliphatic rings. The summed E-state index contributed by atoms with van der Waals surface area (Å²) in [4.78, 5) is 14.2. The SMILES string of the molecule is CC(=O)OC(C#C/C=C/CO[Si](C)(C)C(C)(C)C)c1ccccc1N=[N+]=[N-]. The smallest absolute Gasteiger partial charge is 0.304 e. The normalized spacial score (nSPS) is 12.7. The van der Waals surface area contributed by atoms with E-state index in [0.29, 0.717) is 17.9 Å². The Morgan fingerprint density at radius 2 is 2.04 bits per heavy atom. The average molecular weight is 386 g/mol. The molecular weight excluding hydrogens is 358 g/mol. The molecule has 1 unspecified atom stereocenters. The van der Waals surface area contributed by atoms with Gasteiger partial charge in [-0.2, -0.15) is 0 Å². The first-order chi connectivity index (χ1) is 12.6. The number of rotatable bonds is 6. The lowest BCUT2D eigenvalue weighted by Gasteiger charge is -2.35. The van der Waals surface area contributed by atoms with Crippen LogP contribution in [0.4, 0.5) is 5.69 Å². The van der Waals surface area contributed by atoms with E-state index in [1.54, 1.807) is 30.3 Å². The Balaban J connectivity index is 2.89. The number of ether oxygens (including phenoxy) is 1. The maximum absolute atomic E-state index is 11.4. The third kappa shape index (κ3) is 7.31. The molecule has 0 spiro atoms. The molecule has 27 heavy (non-hydrogen) atoms. The lowest BCUT2D eigenvalue weighted by molar-refractivity contribution is -0.144. The van der Waals surface area contributed by atoms with Crippen LogP contribution in [0.5, 0.6) is 0 Å². The molecule has 0 N–H and O–H groups in total. The highest BCUT2D eigenvalue weighted by molar-refractivity contribution is 6.74. The minimum atomic E-state index is -1.79. The van der Waals surface area contributed by atoms with Gasteiger partial charge in [0.15, 0.2) is 14.4 Å². The maximum atomic E-state index is 11.4. The Kier molecular flexibility index (Phi) is 8.32. The second-order valence-electron chi connectivity index (χ2n) is 7.50. The first-order valence-corrected chi connectivity index (χ1v) is 11.6. The fraction of sp³-hybridized carbons (Fsp3) is 0.450. The van der Waals surface area contributed by atoms with Gasteiger partial charge in [0.2, 0.25) is 0 Å². The highest BCUT2D eigenvalue weighted by atomic mass is 28.4. The Bertz CT molecular complexity index is 795. The van der Waals surface area contributed by atoms with Crippen molar-refractivity contribution in [3.63, 3.8) is 0 Å². The number of carbonyl (C=O) groups is 1. The van der Waals surface area contributed by atoms with Gasteiger partial charge < -0.3 is 9.16 Å². The monoisotopic (exact) mass is 385 g/mol. The molecule has 0 aliphatic carbocycles. The van der Waals surface area contributed by atoms with E-state index in [1.165, 1.54) is 6.92 Å². The van der Waals surface area contributed by atoms with Gasteiger partial charge in [-0.25, -0.2) is 0 Å². The van der Waals surface area contributed by atoms with Crippen LogP contribution in [-0.4, -0.2) is 20.9 Å². The zero-order chi connectivity index (χ0) is 20.5. The molecule has 1 rings (SSSR count). The van der Waals surface area contributed by atoms with Gasteiger partial charge in [0.25, 0.3) is 0 Å². The van der Waals surface area contributed by atoms with Crippen LogP contribution in [0.2, 0.25) is 18.1 Å². The molecule has 0 heterocycles. The molecule has 0 fully saturated rings. The van der Waals surface area contributed by atoms with E-state index in [2.05, 4.69) is 55.7 Å². The summed E-state index contributed by atoms with van der Waals surface area (Å²) in [6.45, 7) is 12.7. The highest BCUT2D eigenvalue weighted by Crippen LogP contribution is 2.36. The number of hydrogen-bond acceptors (Lipinski definition) is 4. The quantitative estimate of drug-likeness (QED) is 0.155. The van der Waals surface area contributed by atoms with Crippen LogP contribution < -0.4 is 0 Å². The van der Waals surface area contributed by atoms with Gasteiger partial charge in [-0.3, -0.25) is 4.79 Å². The number of benzene rings is 1. The molecule has 144 valence electrons. The Morgan fingerprint density at radius 1 is 1.37 bits per heavy atom. The molecule has 0 bridgehead atoms. The van der Waals surface area contributed by atoms with Crippen molar-refractivity contribution in [3.05, 3.63) is 52.4 Å². The van der Waals surface area contributed by atoms with Gasteiger partial charge in [0.1, 0.15) is 0 Å². The van der Waals surface area contributed by atoms with E-state index in [0.717, 1.165) is 0 Å². The van der Waals surface area contributed by atoms with Crippen LogP contribution in [0, 0.1) is 11.8 Å². The summed E-state index contributed by atoms with van der Waals surface area (Å²) in [6, 6.07) is 6.88. The van der Waals surface area contributed by atoms with Crippen LogP contribution in [-0.2, 0) is 14.0 Å². The van der Waals surface area contributed by atoms with Crippen LogP contribution in [0.15, 0.2) is 41.5 Å². The van der Waals surface area contributed by atoms with E-state index in [4.69, 9.17) is 14.7 Å². The number of azide groups is 1. The highest BCUT2D eigenvalue weighted by Gasteiger charge is 2.36. The molecule has 1 aromatic carbocycles. The van der Waals surface area contributed by atoms with Crippen molar-refractivity contribution >= 4 is 20.0 Å². The van der Waals surface area contributed by atoms with Crippen molar-refractivity contribution < 1.29 is 14.0 Å². The second kappa shape index (κ2) is 9.98. The first-order valence-electron chi connectivity index (χ1n) is 8.70. The van der Waals surface area contributed by atoms with Crippen molar-refractivity contribution in [3.8, 4) is 11.8 Å². The van der Waals surface area contributed by atoms with Crippen LogP contribution >= 0.6 is 0 Å². The van der Waals surface area contributed by atoms with Crippen LogP contribution in [0.1, 0.15) is 39.4 Å². The van der Waals surface area contributed by atoms with Gasteiger partial charge >= 0.3 is 5.97 Å². The Morgan fingerprint density at radius 3 is 2.63 bits per heavy atom. The fourth-order valence-electron chi connectivity index (χ4n) is 1.89. The lowest BCUT2D eigenvalue weighted by atomic mass is 10.1. The molecule has 0 aromatic heterocycles. The average Bonchev–Trinajstić information content (AvgIpc) is 2.56. The summed E-state index contributed by atoms with van der Waals surface area (Å²) in [5.41, 5.74) is 9.62. The summed E-state index contributed by atoms with van der Waals surface area (Å²) in [7, 11) is -1.79. The van der Waals surface area contributed by atoms with E-state index < -0.39 is 20.4 Å². The number of nitrogens with zero attached hydrogens (tertiary/aromatic N) is 3. The standard InChI is InChI=1S/C20H27N3O3Si/c1-16(24)26-19(17-12-9-10-13-18(17)22-23-21)14-8-7-11-15-25-27(5,6)20(2,3)4/h7,9-13,19H,15H2,1-6H3/b11-7+. The third-order valence-electron chi connectivity index (χ3n) is 4.42. The minimum absolute atomic E-state index is 0.151. The van der Waals surface area contributed by atoms with E-state index in [-0.39, 0.29) is 5.04 Å². The van der Waals surface area contributed by atoms with Gasteiger partial charge in [-0.05, 0) is 35.7 Å². The van der Waals surface area contributed by atoms with Crippen molar-refractivity contribution in [1.82, 2.24) is 0 Å². The molecule has 0 saturated carbocycles. The van der Waals surface area contributed by atoms with Gasteiger partial charge in [0.05, 0.1) is 6.61 Å². The van der Waals surface area contributed by atoms with Crippen LogP contribution in [0.3, 0.4) is 0 Å². The second-order valence-corrected chi connectivity index (χ2v) is 12.3. The number of carbonyl (C=O) groups excluding carboxylic acids is 1. The topological polar surface area (TPSA) is 84.3 Å². The maximum Gasteiger partial charge on any atom is 0.304 e. The lowest BCUT2D eigenvalue weighted by Crippen LogP contribution is -2.40. The molecule has 0 aliphatic heterocycles. The predicted octanol–water partition coefficient (Wildman–Crippen LogP) is 5.81. The molecule has 0 saturated heterocycles. The number of hydrogen-bond donors (Lipinski definition) is 0. The van der Waals surface area contributed by atoms with Crippen molar-refractivity contribution in [2.45, 2.75) is 51.9 Å². The summed E-state index contributed by atoms with van der Waals surface area (Å²) in [6.07, 6.45) is 2.72. The summed E-state index contributed by atoms with van der Waals surface area (Å²) >= 11 is 0. The number of allylic oxidation sites excluding steroid dienone is 1. The molecule has 0 radical (unpaired) electrons. The summed E-state index contributed by atoms with van der Waals surface area (Å²) in [5.74, 6) is 5.30. The first kappa shape index (κ1) is 22.5. The third-order valence-corrected chi connectivity index (χ3v) is 8.92. The minimum Gasteiger partial charge on any atom is -0.444 e. The molecule has 0 amide bonds. The van der Waals surface area contributed by atoms with E-state index >= 15 is 0 Å². The number of esters is 1. The van der Waals surface area contributed by atoms with E-state index in [1.807, 2.05) is 6.08 Å². The molecule has 6 nitrogen and oxygen atoms in total. The zero-order valence-corrected chi connectivity index (χ0v) is 17.8. The fourth-order valence-corrected chi connectivity index (χ4v) is 2.83. The van der Waals surface area contributed by atoms with Gasteiger partial charge in [-0.1, -0.05) is 62.1 Å². The Hall–Kier alpha value is -2.52. The Labute approximate surface area is 162 Å². The van der Waals surface area contributed by atoms with Crippen molar-refractivity contribution in [2.24, 2.45) is 5.11 Å². The zero-order valence-electron chi connectivity index (χ0n) is 16.8. The largest absolute Gasteiger partial charge is 0.444 e. The summed E-state index contributed by atoms with van der Waals surface area (Å²) in [5, 5.41) is 3.78. The van der Waals surface area contributed by atoms with Gasteiger partial charge in [-0.15, -0.1) is 0 Å². The van der Waals surface area contributed by atoms with Crippen molar-refractivity contribution in [2.75, 3.05) is 6.61 Å². The summed E-state index contributed by atoms with van der Waals surface area (Å²) < 4.78 is 11.3. The molecule has 1 aromatic rings. The molecular formula is C20H27N3O3Si. The van der Waals surface area contributed by atoms with Crippen LogP contribution in [0.25, 0.3) is 10.4 Å². The predicted molar refractivity (Wildman–Crippen MR) is 110 cm³/mol.